The molecular weight excluding hydrogens is 989 g/mol. The second kappa shape index (κ2) is 22.2. The Hall–Kier alpha value is -2.89. The summed E-state index contributed by atoms with van der Waals surface area (Å²) >= 11 is 0. The predicted molar refractivity (Wildman–Crippen MR) is 273 cm³/mol. The molecule has 76 heavy (non-hydrogen) atoms. The van der Waals surface area contributed by atoms with Crippen LogP contribution in [0.2, 0.25) is 0 Å². The van der Waals surface area contributed by atoms with Crippen LogP contribution in [0.4, 0.5) is 0 Å². The van der Waals surface area contributed by atoms with Crippen LogP contribution >= 0.6 is 0 Å². The van der Waals surface area contributed by atoms with Gasteiger partial charge < -0.3 is 79.5 Å². The number of esters is 2. The Labute approximate surface area is 447 Å². The number of carbonyl (C=O) groups excluding carboxylic acids is 2. The molecule has 0 aromatic heterocycles. The summed E-state index contributed by atoms with van der Waals surface area (Å²) in [6, 6.07) is 0. The van der Waals surface area contributed by atoms with Gasteiger partial charge in [0, 0.05) is 16.9 Å². The van der Waals surface area contributed by atoms with Gasteiger partial charge in [-0.1, -0.05) is 91.2 Å². The van der Waals surface area contributed by atoms with Gasteiger partial charge in [0.1, 0.15) is 48.8 Å². The third-order valence-electron chi connectivity index (χ3n) is 20.6. The van der Waals surface area contributed by atoms with Gasteiger partial charge in [-0.05, 0) is 113 Å². The summed E-state index contributed by atoms with van der Waals surface area (Å²) in [4.78, 5) is 40.2. The van der Waals surface area contributed by atoms with Crippen LogP contribution in [-0.2, 0) is 42.8 Å². The minimum atomic E-state index is -2.02. The fourth-order valence-electron chi connectivity index (χ4n) is 15.7. The summed E-state index contributed by atoms with van der Waals surface area (Å²) in [5, 5.41) is 112. The number of carboxylic acid groups (broad SMARTS) is 1. The van der Waals surface area contributed by atoms with Crippen molar-refractivity contribution in [1.29, 1.82) is 0 Å². The number of allylic oxidation sites excluding steroid dienone is 4. The molecule has 2 heterocycles. The van der Waals surface area contributed by atoms with Crippen molar-refractivity contribution in [1.82, 2.24) is 0 Å². The second-order valence-corrected chi connectivity index (χ2v) is 25.9. The lowest BCUT2D eigenvalue weighted by atomic mass is 9.32. The van der Waals surface area contributed by atoms with E-state index >= 15 is 0 Å². The first-order valence-corrected chi connectivity index (χ1v) is 27.6. The van der Waals surface area contributed by atoms with Crippen LogP contribution in [0, 0.1) is 56.2 Å². The second-order valence-electron chi connectivity index (χ2n) is 25.9. The molecule has 0 bridgehead atoms. The normalized spacial score (nSPS) is 46.1. The minimum absolute atomic E-state index is 0.0740. The van der Waals surface area contributed by atoms with Crippen LogP contribution in [0.1, 0.15) is 141 Å². The Kier molecular flexibility index (Phi) is 17.8. The number of aliphatic carboxylic acids is 1. The average molecular weight is 1080 g/mol. The molecule has 10 N–H and O–H groups in total. The zero-order chi connectivity index (χ0) is 56.6. The van der Waals surface area contributed by atoms with Gasteiger partial charge in [0.25, 0.3) is 0 Å². The number of carboxylic acids is 1. The Balaban J connectivity index is 1.21. The lowest BCUT2D eigenvalue weighted by molar-refractivity contribution is -0.374. The lowest BCUT2D eigenvalue weighted by Gasteiger charge is -2.73. The van der Waals surface area contributed by atoms with Gasteiger partial charge in [-0.15, -0.1) is 0 Å². The number of aliphatic hydroxyl groups excluding tert-OH is 9. The third kappa shape index (κ3) is 9.98. The molecule has 0 radical (unpaired) electrons. The van der Waals surface area contributed by atoms with E-state index in [1.807, 2.05) is 48.5 Å². The maximum absolute atomic E-state index is 14.0. The molecule has 19 nitrogen and oxygen atoms in total. The summed E-state index contributed by atoms with van der Waals surface area (Å²) in [6.45, 7) is 22.5. The predicted octanol–water partition coefficient (Wildman–Crippen LogP) is 3.61. The zero-order valence-corrected chi connectivity index (χ0v) is 46.6. The van der Waals surface area contributed by atoms with Crippen LogP contribution in [0.15, 0.2) is 34.9 Å². The SMILES string of the molecule is CCC(C)C(=O)O[C@H]1[C@H](OC(=O)/C=C(/C)CCC=C(C)C)C(C)(C)C[C@H]2C3=CC[C@@H]4[C@@]5(C)CC[C@H](O[C@@H]6O[C@H](C(=O)O)[C@@H](O)[C@H](O)[C@H]6O[C@@H]6O[C@H](CO)[C@@H](O)[C@H](O)[C@H]6O)C(C)(C)[C@@H]5CC[C@@]4(C)[C@]3(C)[C@@H](O)[C@@H](O)[C@]21CO. The van der Waals surface area contributed by atoms with Crippen molar-refractivity contribution < 1.29 is 93.9 Å². The maximum Gasteiger partial charge on any atom is 0.335 e. The average Bonchev–Trinajstić information content (AvgIpc) is 3.34. The van der Waals surface area contributed by atoms with Crippen molar-refractivity contribution in [2.45, 2.75) is 233 Å². The van der Waals surface area contributed by atoms with Crippen molar-refractivity contribution >= 4 is 17.9 Å². The van der Waals surface area contributed by atoms with E-state index < -0.39 is 167 Å². The van der Waals surface area contributed by atoms with Crippen molar-refractivity contribution in [2.75, 3.05) is 13.2 Å². The standard InChI is InChI=1S/C57H90O19/c1-13-29(5)49(70)76-47-46(73-36(60)23-28(4)16-14-15-27(2)3)52(6,7)24-31-30-17-18-34-54(10)21-20-35(53(8,9)33(54)19-22-55(34,11)56(30,12)44(66)45(67)57(31,47)26-59)72-51-43(40(64)39(63)42(74-51)48(68)69)75-50-41(65)38(62)37(61)32(25-58)71-50/h15,17,23,29,31-35,37-47,50-51,58-59,61-67H,13-14,16,18-22,24-26H2,1-12H3,(H,68,69)/b28-23-/t29?,31-,32+,33-,34+,35-,37+,38-,39-,40-,41+,42-,43+,44-,45+,46-,47-,50-,51+,54-,55+,56-,57-/m0/s1. The van der Waals surface area contributed by atoms with Gasteiger partial charge in [0.2, 0.25) is 0 Å². The summed E-state index contributed by atoms with van der Waals surface area (Å²) in [5.41, 5.74) is -2.59. The molecule has 19 heteroatoms. The molecule has 0 aromatic rings. The number of fused-ring (bicyclic) bond motifs is 7. The maximum atomic E-state index is 14.0. The Morgan fingerprint density at radius 1 is 0.789 bits per heavy atom. The molecule has 5 aliphatic carbocycles. The van der Waals surface area contributed by atoms with Gasteiger partial charge in [0.15, 0.2) is 24.8 Å². The van der Waals surface area contributed by atoms with Crippen LogP contribution in [-0.4, -0.2) is 174 Å². The van der Waals surface area contributed by atoms with Crippen LogP contribution < -0.4 is 0 Å². The first-order valence-electron chi connectivity index (χ1n) is 27.6. The smallest absolute Gasteiger partial charge is 0.335 e. The van der Waals surface area contributed by atoms with E-state index in [1.165, 1.54) is 6.08 Å². The van der Waals surface area contributed by atoms with Crippen molar-refractivity contribution in [2.24, 2.45) is 56.2 Å². The van der Waals surface area contributed by atoms with E-state index in [0.717, 1.165) is 23.1 Å². The quantitative estimate of drug-likeness (QED) is 0.0485. The molecule has 2 saturated heterocycles. The zero-order valence-electron chi connectivity index (χ0n) is 46.6. The van der Waals surface area contributed by atoms with Crippen molar-refractivity contribution in [3.8, 4) is 0 Å². The van der Waals surface area contributed by atoms with Gasteiger partial charge in [0.05, 0.1) is 42.9 Å². The number of aliphatic hydroxyl groups is 9. The van der Waals surface area contributed by atoms with Gasteiger partial charge >= 0.3 is 17.9 Å². The van der Waals surface area contributed by atoms with E-state index in [-0.39, 0.29) is 11.8 Å². The fraction of sp³-hybridized carbons (Fsp3) is 0.842. The Morgan fingerprint density at radius 2 is 1.46 bits per heavy atom. The topological polar surface area (TPSA) is 309 Å². The fourth-order valence-corrected chi connectivity index (χ4v) is 15.7. The van der Waals surface area contributed by atoms with Crippen LogP contribution in [0.25, 0.3) is 0 Å². The van der Waals surface area contributed by atoms with Gasteiger partial charge in [-0.25, -0.2) is 9.59 Å². The molecule has 6 fully saturated rings. The Bertz CT molecular complexity index is 2220. The van der Waals surface area contributed by atoms with E-state index in [2.05, 4.69) is 39.8 Å². The molecule has 1 unspecified atom stereocenters. The first-order chi connectivity index (χ1) is 35.3. The van der Waals surface area contributed by atoms with Crippen molar-refractivity contribution in [3.63, 3.8) is 0 Å². The van der Waals surface area contributed by atoms with Gasteiger partial charge in [-0.3, -0.25) is 4.79 Å². The van der Waals surface area contributed by atoms with Crippen LogP contribution in [0.3, 0.4) is 0 Å². The minimum Gasteiger partial charge on any atom is -0.479 e. The molecule has 2 aliphatic heterocycles. The van der Waals surface area contributed by atoms with E-state index in [4.69, 9.17) is 28.4 Å². The summed E-state index contributed by atoms with van der Waals surface area (Å²) in [7, 11) is 0. The van der Waals surface area contributed by atoms with Crippen LogP contribution in [0.5, 0.6) is 0 Å². The monoisotopic (exact) mass is 1080 g/mol. The first kappa shape index (κ1) is 60.7. The molecular formula is C57H90O19. The number of hydrogen-bond donors (Lipinski definition) is 10. The molecule has 23 atom stereocenters. The van der Waals surface area contributed by atoms with E-state index in [9.17, 15) is 65.4 Å². The summed E-state index contributed by atoms with van der Waals surface area (Å²) < 4.78 is 36.9. The Morgan fingerprint density at radius 3 is 2.07 bits per heavy atom. The molecule has 0 amide bonds. The molecule has 4 saturated carbocycles. The molecule has 7 aliphatic rings. The highest BCUT2D eigenvalue weighted by Crippen LogP contribution is 2.76. The van der Waals surface area contributed by atoms with E-state index in [0.29, 0.717) is 51.4 Å². The third-order valence-corrected chi connectivity index (χ3v) is 20.6. The largest absolute Gasteiger partial charge is 0.479 e. The summed E-state index contributed by atoms with van der Waals surface area (Å²) in [5.74, 6) is -4.12. The van der Waals surface area contributed by atoms with Gasteiger partial charge in [-0.2, -0.15) is 0 Å². The number of ether oxygens (including phenoxy) is 6. The lowest BCUT2D eigenvalue weighted by Crippen LogP contribution is -2.76. The number of carbonyl (C=O) groups is 3. The summed E-state index contributed by atoms with van der Waals surface area (Å²) in [6.07, 6.45) is -13.5. The highest BCUT2D eigenvalue weighted by molar-refractivity contribution is 5.83. The number of rotatable bonds is 15. The highest BCUT2D eigenvalue weighted by Gasteiger charge is 2.76. The molecule has 0 aromatic carbocycles. The highest BCUT2D eigenvalue weighted by atomic mass is 16.8. The molecule has 0 spiro atoms. The molecule has 7 rings (SSSR count). The van der Waals surface area contributed by atoms with E-state index in [1.54, 1.807) is 6.92 Å². The van der Waals surface area contributed by atoms with Crippen molar-refractivity contribution in [3.05, 3.63) is 34.9 Å². The molecule has 432 valence electrons. The number of hydrogen-bond acceptors (Lipinski definition) is 18.